The molecule has 0 saturated carbocycles. The monoisotopic (exact) mass is 242 g/mol. The fraction of sp³-hybridized carbons (Fsp3) is 0.923. The lowest BCUT2D eigenvalue weighted by molar-refractivity contribution is -0.132. The highest BCUT2D eigenvalue weighted by Gasteiger charge is 2.36. The molecule has 100 valence electrons. The molecule has 3 N–H and O–H groups in total. The molecule has 17 heavy (non-hydrogen) atoms. The van der Waals surface area contributed by atoms with Crippen LogP contribution < -0.4 is 11.1 Å². The zero-order valence-electron chi connectivity index (χ0n) is 11.1. The normalized spacial score (nSPS) is 20.5. The standard InChI is InChI=1S/C13H26N2O2/c1-3-6-13(10-14,7-4-2)12(16)15-11-5-8-17-9-11/h11H,3-10,14H2,1-2H3,(H,15,16). The van der Waals surface area contributed by atoms with Gasteiger partial charge in [-0.15, -0.1) is 0 Å². The molecular weight excluding hydrogens is 216 g/mol. The molecular formula is C13H26N2O2. The summed E-state index contributed by atoms with van der Waals surface area (Å²) >= 11 is 0. The minimum Gasteiger partial charge on any atom is -0.379 e. The summed E-state index contributed by atoms with van der Waals surface area (Å²) in [7, 11) is 0. The van der Waals surface area contributed by atoms with Gasteiger partial charge in [0.05, 0.1) is 18.1 Å². The Morgan fingerprint density at radius 1 is 1.41 bits per heavy atom. The molecule has 0 spiro atoms. The van der Waals surface area contributed by atoms with Crippen molar-refractivity contribution in [2.75, 3.05) is 19.8 Å². The summed E-state index contributed by atoms with van der Waals surface area (Å²) in [5.74, 6) is 0.124. The first-order chi connectivity index (χ1) is 8.18. The Balaban J connectivity index is 2.62. The highest BCUT2D eigenvalue weighted by atomic mass is 16.5. The predicted octanol–water partition coefficient (Wildman–Crippen LogP) is 1.44. The summed E-state index contributed by atoms with van der Waals surface area (Å²) in [6.07, 6.45) is 4.65. The second-order valence-corrected chi connectivity index (χ2v) is 5.02. The van der Waals surface area contributed by atoms with Crippen LogP contribution in [0.1, 0.15) is 46.0 Å². The molecule has 0 aromatic rings. The lowest BCUT2D eigenvalue weighted by Crippen LogP contribution is -2.49. The molecule has 4 nitrogen and oxygen atoms in total. The molecule has 0 aliphatic carbocycles. The van der Waals surface area contributed by atoms with Gasteiger partial charge in [0.1, 0.15) is 0 Å². The first-order valence-corrected chi connectivity index (χ1v) is 6.77. The smallest absolute Gasteiger partial charge is 0.227 e. The van der Waals surface area contributed by atoms with Crippen molar-refractivity contribution in [3.8, 4) is 0 Å². The quantitative estimate of drug-likeness (QED) is 0.710. The van der Waals surface area contributed by atoms with Gasteiger partial charge in [-0.1, -0.05) is 26.7 Å². The van der Waals surface area contributed by atoms with Gasteiger partial charge in [-0.2, -0.15) is 0 Å². The molecule has 0 aromatic carbocycles. The minimum atomic E-state index is -0.369. The third kappa shape index (κ3) is 3.68. The number of nitrogens with two attached hydrogens (primary N) is 1. The lowest BCUT2D eigenvalue weighted by Gasteiger charge is -2.31. The fourth-order valence-corrected chi connectivity index (χ4v) is 2.59. The summed E-state index contributed by atoms with van der Waals surface area (Å²) in [5, 5.41) is 3.10. The molecule has 4 heteroatoms. The van der Waals surface area contributed by atoms with Gasteiger partial charge in [0, 0.05) is 13.2 Å². The Hall–Kier alpha value is -0.610. The van der Waals surface area contributed by atoms with Gasteiger partial charge in [-0.05, 0) is 19.3 Å². The number of amides is 1. The van der Waals surface area contributed by atoms with Gasteiger partial charge in [0.2, 0.25) is 5.91 Å². The fourth-order valence-electron chi connectivity index (χ4n) is 2.59. The van der Waals surface area contributed by atoms with Crippen molar-refractivity contribution in [3.63, 3.8) is 0 Å². The van der Waals surface area contributed by atoms with E-state index < -0.39 is 0 Å². The molecule has 1 aliphatic rings. The highest BCUT2D eigenvalue weighted by Crippen LogP contribution is 2.29. The second kappa shape index (κ2) is 6.97. The maximum absolute atomic E-state index is 12.4. The molecule has 1 fully saturated rings. The predicted molar refractivity (Wildman–Crippen MR) is 68.7 cm³/mol. The molecule has 0 bridgehead atoms. The van der Waals surface area contributed by atoms with E-state index in [1.807, 2.05) is 0 Å². The molecule has 0 radical (unpaired) electrons. The van der Waals surface area contributed by atoms with Gasteiger partial charge in [-0.25, -0.2) is 0 Å². The van der Waals surface area contributed by atoms with Gasteiger partial charge in [0.25, 0.3) is 0 Å². The van der Waals surface area contributed by atoms with Crippen LogP contribution >= 0.6 is 0 Å². The van der Waals surface area contributed by atoms with Crippen molar-refractivity contribution in [1.29, 1.82) is 0 Å². The van der Waals surface area contributed by atoms with Crippen LogP contribution in [-0.4, -0.2) is 31.7 Å². The zero-order valence-corrected chi connectivity index (χ0v) is 11.1. The molecule has 1 heterocycles. The van der Waals surface area contributed by atoms with E-state index in [4.69, 9.17) is 10.5 Å². The van der Waals surface area contributed by atoms with Crippen LogP contribution in [0.2, 0.25) is 0 Å². The SMILES string of the molecule is CCCC(CN)(CCC)C(=O)NC1CCOC1. The number of rotatable bonds is 7. The van der Waals surface area contributed by atoms with Gasteiger partial charge in [0.15, 0.2) is 0 Å². The van der Waals surface area contributed by atoms with Gasteiger partial charge in [-0.3, -0.25) is 4.79 Å². The maximum Gasteiger partial charge on any atom is 0.227 e. The van der Waals surface area contributed by atoms with E-state index in [2.05, 4.69) is 19.2 Å². The van der Waals surface area contributed by atoms with Crippen LogP contribution in [0.25, 0.3) is 0 Å². The second-order valence-electron chi connectivity index (χ2n) is 5.02. The van der Waals surface area contributed by atoms with Crippen molar-refractivity contribution in [3.05, 3.63) is 0 Å². The summed E-state index contributed by atoms with van der Waals surface area (Å²) < 4.78 is 5.28. The summed E-state index contributed by atoms with van der Waals surface area (Å²) in [4.78, 5) is 12.4. The summed E-state index contributed by atoms with van der Waals surface area (Å²) in [6, 6.07) is 0.183. The van der Waals surface area contributed by atoms with Crippen LogP contribution in [0.3, 0.4) is 0 Å². The Morgan fingerprint density at radius 2 is 2.06 bits per heavy atom. The van der Waals surface area contributed by atoms with Crippen molar-refractivity contribution < 1.29 is 9.53 Å². The average molecular weight is 242 g/mol. The number of hydrogen-bond acceptors (Lipinski definition) is 3. The van der Waals surface area contributed by atoms with Crippen molar-refractivity contribution in [1.82, 2.24) is 5.32 Å². The molecule has 0 aromatic heterocycles. The minimum absolute atomic E-state index is 0.124. The third-order valence-electron chi connectivity index (χ3n) is 3.59. The Morgan fingerprint density at radius 3 is 2.47 bits per heavy atom. The number of carbonyl (C=O) groups is 1. The van der Waals surface area contributed by atoms with E-state index >= 15 is 0 Å². The van der Waals surface area contributed by atoms with Crippen LogP contribution in [0.4, 0.5) is 0 Å². The third-order valence-corrected chi connectivity index (χ3v) is 3.59. The summed E-state index contributed by atoms with van der Waals surface area (Å²) in [6.45, 7) is 6.04. The number of hydrogen-bond donors (Lipinski definition) is 2. The van der Waals surface area contributed by atoms with Crippen molar-refractivity contribution >= 4 is 5.91 Å². The van der Waals surface area contributed by atoms with E-state index in [0.717, 1.165) is 38.7 Å². The van der Waals surface area contributed by atoms with Crippen LogP contribution in [0.15, 0.2) is 0 Å². The molecule has 1 aliphatic heterocycles. The maximum atomic E-state index is 12.4. The van der Waals surface area contributed by atoms with E-state index in [0.29, 0.717) is 13.2 Å². The van der Waals surface area contributed by atoms with Crippen LogP contribution in [0.5, 0.6) is 0 Å². The Bertz CT molecular complexity index is 232. The van der Waals surface area contributed by atoms with E-state index in [1.165, 1.54) is 0 Å². The van der Waals surface area contributed by atoms with Crippen molar-refractivity contribution in [2.45, 2.75) is 52.0 Å². The van der Waals surface area contributed by atoms with Crippen LogP contribution in [-0.2, 0) is 9.53 Å². The zero-order chi connectivity index (χ0) is 12.7. The molecule has 1 amide bonds. The first-order valence-electron chi connectivity index (χ1n) is 6.77. The molecule has 1 rings (SSSR count). The van der Waals surface area contributed by atoms with E-state index in [9.17, 15) is 4.79 Å². The molecule has 1 unspecified atom stereocenters. The number of carbonyl (C=O) groups excluding carboxylic acids is 1. The molecule has 1 atom stereocenters. The first kappa shape index (κ1) is 14.5. The van der Waals surface area contributed by atoms with E-state index in [-0.39, 0.29) is 17.4 Å². The average Bonchev–Trinajstić information content (AvgIpc) is 2.81. The Kier molecular flexibility index (Phi) is 5.92. The van der Waals surface area contributed by atoms with E-state index in [1.54, 1.807) is 0 Å². The molecule has 1 saturated heterocycles. The topological polar surface area (TPSA) is 64.4 Å². The summed E-state index contributed by atoms with van der Waals surface area (Å²) in [5.41, 5.74) is 5.49. The van der Waals surface area contributed by atoms with Crippen molar-refractivity contribution in [2.24, 2.45) is 11.1 Å². The van der Waals surface area contributed by atoms with Crippen LogP contribution in [0, 0.1) is 5.41 Å². The van der Waals surface area contributed by atoms with Gasteiger partial charge < -0.3 is 15.8 Å². The largest absolute Gasteiger partial charge is 0.379 e. The van der Waals surface area contributed by atoms with Gasteiger partial charge >= 0.3 is 0 Å². The number of nitrogens with one attached hydrogen (secondary N) is 1. The highest BCUT2D eigenvalue weighted by molar-refractivity contribution is 5.83. The Labute approximate surface area is 104 Å². The lowest BCUT2D eigenvalue weighted by atomic mass is 9.78. The number of ether oxygens (including phenoxy) is 1.